The standard InChI is InChI=1S/C38H22S2/c1-2-11-25-23(9-1)10-7-16-26(25)34-27-12-3-5-14-29(27)35(30-15-6-4-13-28(30)34)31-17-8-18-32-36-33(40-38(31)32)20-19-24-21-22-39-37(24)36/h1-22H. The van der Waals surface area contributed by atoms with Crippen LogP contribution in [0, 0.1) is 0 Å². The summed E-state index contributed by atoms with van der Waals surface area (Å²) in [6.45, 7) is 0. The average molecular weight is 543 g/mol. The lowest BCUT2D eigenvalue weighted by Gasteiger charge is -2.19. The van der Waals surface area contributed by atoms with Gasteiger partial charge >= 0.3 is 0 Å². The molecule has 2 heterocycles. The fourth-order valence-electron chi connectivity index (χ4n) is 6.66. The Morgan fingerprint density at radius 3 is 1.70 bits per heavy atom. The lowest BCUT2D eigenvalue weighted by molar-refractivity contribution is 1.69. The predicted octanol–water partition coefficient (Wildman–Crippen LogP) is 12.1. The molecule has 0 spiro atoms. The van der Waals surface area contributed by atoms with Crippen molar-refractivity contribution < 1.29 is 0 Å². The van der Waals surface area contributed by atoms with E-state index in [0.717, 1.165) is 0 Å². The molecule has 0 nitrogen and oxygen atoms in total. The van der Waals surface area contributed by atoms with Crippen LogP contribution in [-0.2, 0) is 0 Å². The molecule has 0 aliphatic rings. The van der Waals surface area contributed by atoms with Crippen molar-refractivity contribution in [3.63, 3.8) is 0 Å². The van der Waals surface area contributed by atoms with Gasteiger partial charge in [0.05, 0.1) is 0 Å². The Hall–Kier alpha value is -4.50. The second-order valence-electron chi connectivity index (χ2n) is 10.4. The van der Waals surface area contributed by atoms with E-state index in [1.807, 2.05) is 22.7 Å². The van der Waals surface area contributed by atoms with Gasteiger partial charge in [-0.1, -0.05) is 115 Å². The molecule has 0 saturated carbocycles. The highest BCUT2D eigenvalue weighted by molar-refractivity contribution is 7.27. The Morgan fingerprint density at radius 2 is 0.950 bits per heavy atom. The predicted molar refractivity (Wildman–Crippen MR) is 178 cm³/mol. The Kier molecular flexibility index (Phi) is 4.74. The van der Waals surface area contributed by atoms with Crippen LogP contribution < -0.4 is 0 Å². The third-order valence-corrected chi connectivity index (χ3v) is 10.5. The average Bonchev–Trinajstić information content (AvgIpc) is 3.64. The molecule has 40 heavy (non-hydrogen) atoms. The minimum absolute atomic E-state index is 1.27. The molecule has 9 aromatic rings. The summed E-state index contributed by atoms with van der Waals surface area (Å²) < 4.78 is 4.12. The molecule has 186 valence electrons. The fraction of sp³-hybridized carbons (Fsp3) is 0. The van der Waals surface area contributed by atoms with Crippen molar-refractivity contribution in [2.75, 3.05) is 0 Å². The molecular weight excluding hydrogens is 521 g/mol. The highest BCUT2D eigenvalue weighted by atomic mass is 32.1. The first-order valence-corrected chi connectivity index (χ1v) is 15.3. The number of benzene rings is 7. The molecule has 0 saturated heterocycles. The van der Waals surface area contributed by atoms with Crippen LogP contribution in [0.1, 0.15) is 0 Å². The first kappa shape index (κ1) is 22.3. The first-order chi connectivity index (χ1) is 19.9. The second kappa shape index (κ2) is 8.50. The molecule has 0 radical (unpaired) electrons. The molecule has 0 fully saturated rings. The van der Waals surface area contributed by atoms with Gasteiger partial charge in [-0.15, -0.1) is 22.7 Å². The van der Waals surface area contributed by atoms with Gasteiger partial charge < -0.3 is 0 Å². The Labute approximate surface area is 239 Å². The SMILES string of the molecule is c1ccc2c(-c3c4ccccc4c(-c4cccc5c4sc4ccc6ccsc6c45)c4ccccc34)cccc2c1. The first-order valence-electron chi connectivity index (χ1n) is 13.6. The largest absolute Gasteiger partial charge is 0.143 e. The molecule has 7 aromatic carbocycles. The summed E-state index contributed by atoms with van der Waals surface area (Å²) in [6, 6.07) is 47.1. The summed E-state index contributed by atoms with van der Waals surface area (Å²) in [6.07, 6.45) is 0. The van der Waals surface area contributed by atoms with E-state index in [0.29, 0.717) is 0 Å². The summed E-state index contributed by atoms with van der Waals surface area (Å²) >= 11 is 3.78. The van der Waals surface area contributed by atoms with Gasteiger partial charge in [-0.3, -0.25) is 0 Å². The zero-order valence-corrected chi connectivity index (χ0v) is 23.2. The lowest BCUT2D eigenvalue weighted by Crippen LogP contribution is -1.91. The van der Waals surface area contributed by atoms with Crippen LogP contribution in [0.2, 0.25) is 0 Å². The minimum Gasteiger partial charge on any atom is -0.143 e. The van der Waals surface area contributed by atoms with Crippen molar-refractivity contribution >= 4 is 85.2 Å². The van der Waals surface area contributed by atoms with E-state index in [1.165, 1.54) is 84.8 Å². The van der Waals surface area contributed by atoms with Crippen molar-refractivity contribution in [1.29, 1.82) is 0 Å². The van der Waals surface area contributed by atoms with Crippen molar-refractivity contribution in [3.8, 4) is 22.3 Å². The van der Waals surface area contributed by atoms with Crippen molar-refractivity contribution in [1.82, 2.24) is 0 Å². The Morgan fingerprint density at radius 1 is 0.375 bits per heavy atom. The topological polar surface area (TPSA) is 0 Å². The van der Waals surface area contributed by atoms with E-state index in [9.17, 15) is 0 Å². The maximum absolute atomic E-state index is 2.33. The number of hydrogen-bond donors (Lipinski definition) is 0. The highest BCUT2D eigenvalue weighted by Gasteiger charge is 2.20. The van der Waals surface area contributed by atoms with E-state index in [1.54, 1.807) is 0 Å². The molecule has 0 aliphatic carbocycles. The number of hydrogen-bond acceptors (Lipinski definition) is 2. The summed E-state index contributed by atoms with van der Waals surface area (Å²) in [5.41, 5.74) is 5.25. The molecule has 0 amide bonds. The molecule has 0 N–H and O–H groups in total. The number of rotatable bonds is 2. The minimum atomic E-state index is 1.27. The molecule has 0 unspecified atom stereocenters. The highest BCUT2D eigenvalue weighted by Crippen LogP contribution is 2.49. The van der Waals surface area contributed by atoms with E-state index < -0.39 is 0 Å². The van der Waals surface area contributed by atoms with E-state index in [2.05, 4.69) is 133 Å². The van der Waals surface area contributed by atoms with Crippen LogP contribution in [0.3, 0.4) is 0 Å². The lowest BCUT2D eigenvalue weighted by atomic mass is 9.84. The number of thiophene rings is 2. The van der Waals surface area contributed by atoms with Crippen molar-refractivity contribution in [2.24, 2.45) is 0 Å². The molecule has 2 aromatic heterocycles. The fourth-order valence-corrected chi connectivity index (χ4v) is 8.91. The third kappa shape index (κ3) is 3.06. The summed E-state index contributed by atoms with van der Waals surface area (Å²) in [7, 11) is 0. The monoisotopic (exact) mass is 542 g/mol. The summed E-state index contributed by atoms with van der Waals surface area (Å²) in [5, 5.41) is 14.1. The van der Waals surface area contributed by atoms with Crippen LogP contribution in [0.15, 0.2) is 133 Å². The molecule has 0 aliphatic heterocycles. The smallest absolute Gasteiger partial charge is 0.0435 e. The summed E-state index contributed by atoms with van der Waals surface area (Å²) in [4.78, 5) is 0. The molecular formula is C38H22S2. The van der Waals surface area contributed by atoms with Crippen molar-refractivity contribution in [3.05, 3.63) is 133 Å². The van der Waals surface area contributed by atoms with Gasteiger partial charge in [-0.25, -0.2) is 0 Å². The molecule has 2 heteroatoms. The second-order valence-corrected chi connectivity index (χ2v) is 12.4. The van der Waals surface area contributed by atoms with Gasteiger partial charge in [-0.05, 0) is 71.9 Å². The van der Waals surface area contributed by atoms with Crippen LogP contribution in [0.4, 0.5) is 0 Å². The quantitative estimate of drug-likeness (QED) is 0.191. The molecule has 9 rings (SSSR count). The van der Waals surface area contributed by atoms with E-state index in [4.69, 9.17) is 0 Å². The Balaban J connectivity index is 1.46. The van der Waals surface area contributed by atoms with Gasteiger partial charge in [0.25, 0.3) is 0 Å². The van der Waals surface area contributed by atoms with Gasteiger partial charge in [0.15, 0.2) is 0 Å². The van der Waals surface area contributed by atoms with E-state index in [-0.39, 0.29) is 0 Å². The van der Waals surface area contributed by atoms with Crippen LogP contribution in [0.25, 0.3) is 84.8 Å². The maximum Gasteiger partial charge on any atom is 0.0435 e. The van der Waals surface area contributed by atoms with E-state index >= 15 is 0 Å². The molecule has 0 bridgehead atoms. The molecule has 0 atom stereocenters. The van der Waals surface area contributed by atoms with Gasteiger partial charge in [0, 0.05) is 30.4 Å². The van der Waals surface area contributed by atoms with Gasteiger partial charge in [0.1, 0.15) is 0 Å². The van der Waals surface area contributed by atoms with Crippen molar-refractivity contribution in [2.45, 2.75) is 0 Å². The summed E-state index contributed by atoms with van der Waals surface area (Å²) in [5.74, 6) is 0. The normalized spacial score (nSPS) is 12.0. The maximum atomic E-state index is 2.33. The van der Waals surface area contributed by atoms with Crippen LogP contribution in [0.5, 0.6) is 0 Å². The Bertz CT molecular complexity index is 2370. The third-order valence-electron chi connectivity index (χ3n) is 8.34. The van der Waals surface area contributed by atoms with Crippen LogP contribution >= 0.6 is 22.7 Å². The van der Waals surface area contributed by atoms with Crippen LogP contribution in [-0.4, -0.2) is 0 Å². The zero-order chi connectivity index (χ0) is 26.2. The zero-order valence-electron chi connectivity index (χ0n) is 21.5. The van der Waals surface area contributed by atoms with Gasteiger partial charge in [-0.2, -0.15) is 0 Å². The number of fused-ring (bicyclic) bond motifs is 8. The van der Waals surface area contributed by atoms with Gasteiger partial charge in [0.2, 0.25) is 0 Å².